The number of amides is 1. The van der Waals surface area contributed by atoms with Crippen molar-refractivity contribution >= 4 is 5.91 Å². The Hall–Kier alpha value is -0.610. The fraction of sp³-hybridized carbons (Fsp3) is 0.917. The summed E-state index contributed by atoms with van der Waals surface area (Å²) in [5, 5.41) is 6.16. The van der Waals surface area contributed by atoms with Crippen LogP contribution >= 0.6 is 0 Å². The van der Waals surface area contributed by atoms with E-state index in [-0.39, 0.29) is 24.0 Å². The predicted octanol–water partition coefficient (Wildman–Crippen LogP) is 0.526. The summed E-state index contributed by atoms with van der Waals surface area (Å²) < 4.78 is 5.70. The summed E-state index contributed by atoms with van der Waals surface area (Å²) in [4.78, 5) is 11.9. The van der Waals surface area contributed by atoms with Crippen LogP contribution in [0.25, 0.3) is 0 Å². The van der Waals surface area contributed by atoms with Gasteiger partial charge in [-0.1, -0.05) is 6.92 Å². The zero-order valence-electron chi connectivity index (χ0n) is 10.2. The molecule has 1 saturated carbocycles. The monoisotopic (exact) mass is 226 g/mol. The average molecular weight is 226 g/mol. The topological polar surface area (TPSA) is 50.4 Å². The molecule has 2 fully saturated rings. The molecule has 0 spiro atoms. The van der Waals surface area contributed by atoms with E-state index in [1.165, 1.54) is 12.8 Å². The van der Waals surface area contributed by atoms with E-state index in [2.05, 4.69) is 10.6 Å². The van der Waals surface area contributed by atoms with Gasteiger partial charge < -0.3 is 15.4 Å². The molecule has 1 aliphatic carbocycles. The minimum atomic E-state index is 0.0328. The molecule has 0 bridgehead atoms. The Labute approximate surface area is 97.1 Å². The molecule has 3 atom stereocenters. The van der Waals surface area contributed by atoms with Gasteiger partial charge in [-0.25, -0.2) is 0 Å². The second kappa shape index (κ2) is 5.15. The lowest BCUT2D eigenvalue weighted by molar-refractivity contribution is -0.125. The Morgan fingerprint density at radius 1 is 1.44 bits per heavy atom. The van der Waals surface area contributed by atoms with Crippen LogP contribution in [0.2, 0.25) is 0 Å². The maximum absolute atomic E-state index is 11.9. The molecular formula is C12H22N2O2. The fourth-order valence-corrected chi connectivity index (χ4v) is 2.38. The van der Waals surface area contributed by atoms with Crippen molar-refractivity contribution in [2.24, 2.45) is 11.8 Å². The minimum Gasteiger partial charge on any atom is -0.376 e. The maximum atomic E-state index is 11.9. The van der Waals surface area contributed by atoms with E-state index in [1.54, 1.807) is 0 Å². The molecule has 3 unspecified atom stereocenters. The molecule has 0 aromatic carbocycles. The number of hydrogen-bond acceptors (Lipinski definition) is 3. The normalized spacial score (nSPS) is 31.4. The van der Waals surface area contributed by atoms with Crippen LogP contribution in [-0.2, 0) is 9.53 Å². The van der Waals surface area contributed by atoms with Gasteiger partial charge in [-0.2, -0.15) is 0 Å². The molecule has 0 radical (unpaired) electrons. The van der Waals surface area contributed by atoms with Crippen LogP contribution < -0.4 is 10.6 Å². The van der Waals surface area contributed by atoms with Crippen LogP contribution in [-0.4, -0.2) is 38.3 Å². The van der Waals surface area contributed by atoms with Gasteiger partial charge >= 0.3 is 0 Å². The average Bonchev–Trinajstić information content (AvgIpc) is 3.00. The summed E-state index contributed by atoms with van der Waals surface area (Å²) in [5.74, 6) is 0.883. The van der Waals surface area contributed by atoms with Gasteiger partial charge in [0, 0.05) is 19.1 Å². The maximum Gasteiger partial charge on any atom is 0.224 e. The molecule has 2 aliphatic rings. The van der Waals surface area contributed by atoms with E-state index in [0.29, 0.717) is 5.92 Å². The molecule has 1 saturated heterocycles. The summed E-state index contributed by atoms with van der Waals surface area (Å²) in [6.07, 6.45) is 3.79. The van der Waals surface area contributed by atoms with Crippen LogP contribution in [0.4, 0.5) is 0 Å². The first kappa shape index (κ1) is 11.9. The van der Waals surface area contributed by atoms with Crippen molar-refractivity contribution in [3.05, 3.63) is 0 Å². The first-order valence-corrected chi connectivity index (χ1v) is 6.29. The number of hydrogen-bond donors (Lipinski definition) is 2. The first-order chi connectivity index (χ1) is 7.72. The number of carbonyl (C=O) groups is 1. The molecule has 92 valence electrons. The minimum absolute atomic E-state index is 0.0328. The summed E-state index contributed by atoms with van der Waals surface area (Å²) in [7, 11) is 1.87. The zero-order valence-corrected chi connectivity index (χ0v) is 10.2. The fourth-order valence-electron chi connectivity index (χ4n) is 2.38. The highest BCUT2D eigenvalue weighted by atomic mass is 16.5. The van der Waals surface area contributed by atoms with Gasteiger partial charge in [-0.05, 0) is 32.2 Å². The third-order valence-electron chi connectivity index (χ3n) is 3.51. The summed E-state index contributed by atoms with van der Waals surface area (Å²) in [6.45, 7) is 3.48. The van der Waals surface area contributed by atoms with E-state index in [4.69, 9.17) is 4.74 Å². The predicted molar refractivity (Wildman–Crippen MR) is 62.1 cm³/mol. The SMILES string of the molecule is CNCC(C)C(=O)NC1CCOC1C1CC1. The quantitative estimate of drug-likeness (QED) is 0.719. The van der Waals surface area contributed by atoms with Crippen molar-refractivity contribution in [2.45, 2.75) is 38.3 Å². The summed E-state index contributed by atoms with van der Waals surface area (Å²) >= 11 is 0. The van der Waals surface area contributed by atoms with Gasteiger partial charge in [-0.3, -0.25) is 4.79 Å². The Morgan fingerprint density at radius 2 is 2.19 bits per heavy atom. The molecule has 4 heteroatoms. The highest BCUT2D eigenvalue weighted by Gasteiger charge is 2.41. The number of nitrogens with one attached hydrogen (secondary N) is 2. The second-order valence-corrected chi connectivity index (χ2v) is 5.04. The molecular weight excluding hydrogens is 204 g/mol. The number of carbonyl (C=O) groups excluding carboxylic acids is 1. The van der Waals surface area contributed by atoms with Crippen molar-refractivity contribution in [1.29, 1.82) is 0 Å². The summed E-state index contributed by atoms with van der Waals surface area (Å²) in [6, 6.07) is 0.249. The van der Waals surface area contributed by atoms with Gasteiger partial charge in [0.25, 0.3) is 0 Å². The number of rotatable bonds is 5. The molecule has 1 amide bonds. The largest absolute Gasteiger partial charge is 0.376 e. The summed E-state index contributed by atoms with van der Waals surface area (Å²) in [5.41, 5.74) is 0. The molecule has 1 aliphatic heterocycles. The van der Waals surface area contributed by atoms with Crippen LogP contribution in [0.5, 0.6) is 0 Å². The molecule has 2 rings (SSSR count). The second-order valence-electron chi connectivity index (χ2n) is 5.04. The van der Waals surface area contributed by atoms with Gasteiger partial charge in [0.1, 0.15) is 0 Å². The van der Waals surface area contributed by atoms with Crippen molar-refractivity contribution in [1.82, 2.24) is 10.6 Å². The van der Waals surface area contributed by atoms with Crippen molar-refractivity contribution in [2.75, 3.05) is 20.2 Å². The van der Waals surface area contributed by atoms with Crippen LogP contribution in [0.1, 0.15) is 26.2 Å². The van der Waals surface area contributed by atoms with Gasteiger partial charge in [-0.15, -0.1) is 0 Å². The Kier molecular flexibility index (Phi) is 3.82. The number of ether oxygens (including phenoxy) is 1. The van der Waals surface area contributed by atoms with Crippen molar-refractivity contribution in [3.8, 4) is 0 Å². The van der Waals surface area contributed by atoms with Crippen LogP contribution in [0.3, 0.4) is 0 Å². The van der Waals surface area contributed by atoms with Gasteiger partial charge in [0.15, 0.2) is 0 Å². The van der Waals surface area contributed by atoms with Crippen LogP contribution in [0.15, 0.2) is 0 Å². The Bertz CT molecular complexity index is 253. The Morgan fingerprint density at radius 3 is 2.81 bits per heavy atom. The standard InChI is InChI=1S/C12H22N2O2/c1-8(7-13-2)12(15)14-10-5-6-16-11(10)9-3-4-9/h8-11,13H,3-7H2,1-2H3,(H,14,15). The van der Waals surface area contributed by atoms with Crippen LogP contribution in [0, 0.1) is 11.8 Å². The van der Waals surface area contributed by atoms with E-state index in [0.717, 1.165) is 19.6 Å². The molecule has 1 heterocycles. The van der Waals surface area contributed by atoms with E-state index >= 15 is 0 Å². The van der Waals surface area contributed by atoms with E-state index in [1.807, 2.05) is 14.0 Å². The molecule has 0 aromatic heterocycles. The molecule has 4 nitrogen and oxygen atoms in total. The molecule has 0 aromatic rings. The highest BCUT2D eigenvalue weighted by Crippen LogP contribution is 2.38. The third-order valence-corrected chi connectivity index (χ3v) is 3.51. The first-order valence-electron chi connectivity index (χ1n) is 6.29. The lowest BCUT2D eigenvalue weighted by atomic mass is 10.0. The molecule has 2 N–H and O–H groups in total. The third kappa shape index (κ3) is 2.74. The lowest BCUT2D eigenvalue weighted by Gasteiger charge is -2.21. The van der Waals surface area contributed by atoms with E-state index < -0.39 is 0 Å². The highest BCUT2D eigenvalue weighted by molar-refractivity contribution is 5.78. The lowest BCUT2D eigenvalue weighted by Crippen LogP contribution is -2.45. The van der Waals surface area contributed by atoms with E-state index in [9.17, 15) is 4.79 Å². The molecule has 16 heavy (non-hydrogen) atoms. The Balaban J connectivity index is 1.81. The van der Waals surface area contributed by atoms with Crippen molar-refractivity contribution in [3.63, 3.8) is 0 Å². The van der Waals surface area contributed by atoms with Gasteiger partial charge in [0.05, 0.1) is 12.1 Å². The van der Waals surface area contributed by atoms with Gasteiger partial charge in [0.2, 0.25) is 5.91 Å². The van der Waals surface area contributed by atoms with Crippen molar-refractivity contribution < 1.29 is 9.53 Å². The zero-order chi connectivity index (χ0) is 11.5. The smallest absolute Gasteiger partial charge is 0.224 e.